The van der Waals surface area contributed by atoms with E-state index >= 15 is 0 Å². The van der Waals surface area contributed by atoms with Crippen molar-refractivity contribution in [2.75, 3.05) is 33.0 Å². The predicted octanol–water partition coefficient (Wildman–Crippen LogP) is 1.85. The second kappa shape index (κ2) is 9.75. The van der Waals surface area contributed by atoms with Gasteiger partial charge in [0.05, 0.1) is 17.9 Å². The molecule has 0 amide bonds. The van der Waals surface area contributed by atoms with Gasteiger partial charge in [-0.05, 0) is 55.3 Å². The highest BCUT2D eigenvalue weighted by molar-refractivity contribution is 5.89. The number of hydrogen-bond acceptors (Lipinski definition) is 7. The van der Waals surface area contributed by atoms with E-state index in [0.29, 0.717) is 25.2 Å². The van der Waals surface area contributed by atoms with Crippen molar-refractivity contribution in [3.63, 3.8) is 0 Å². The molecule has 1 saturated carbocycles. The third kappa shape index (κ3) is 4.43. The zero-order chi connectivity index (χ0) is 21.8. The summed E-state index contributed by atoms with van der Waals surface area (Å²) in [6.45, 7) is 1.77. The van der Waals surface area contributed by atoms with E-state index < -0.39 is 0 Å². The molecule has 168 valence electrons. The van der Waals surface area contributed by atoms with Crippen LogP contribution < -0.4 is 26.6 Å². The monoisotopic (exact) mass is 424 g/mol. The molecule has 0 aromatic heterocycles. The van der Waals surface area contributed by atoms with Crippen LogP contribution in [0.2, 0.25) is 0 Å². The minimum absolute atomic E-state index is 0.157. The number of benzene rings is 1. The summed E-state index contributed by atoms with van der Waals surface area (Å²) in [6.07, 6.45) is 9.45. The molecule has 2 aliphatic heterocycles. The van der Waals surface area contributed by atoms with Crippen molar-refractivity contribution in [3.8, 4) is 0 Å². The molecule has 3 aliphatic rings. The minimum Gasteiger partial charge on any atom is -0.388 e. The molecule has 1 aromatic carbocycles. The molecule has 2 unspecified atom stereocenters. The number of Topliss-reactive ketones (excluding diaryl/α,β-unsaturated/α-hetero) is 1. The van der Waals surface area contributed by atoms with Crippen LogP contribution in [0.4, 0.5) is 5.69 Å². The van der Waals surface area contributed by atoms with Crippen LogP contribution in [-0.4, -0.2) is 50.6 Å². The molecule has 1 aliphatic carbocycles. The summed E-state index contributed by atoms with van der Waals surface area (Å²) in [5, 5.41) is 16.8. The minimum atomic E-state index is -0.318. The average Bonchev–Trinajstić information content (AvgIpc) is 3.43. The number of ketones is 1. The predicted molar refractivity (Wildman–Crippen MR) is 125 cm³/mol. The zero-order valence-electron chi connectivity index (χ0n) is 18.9. The molecule has 1 fully saturated rings. The molecule has 2 atom stereocenters. The number of rotatable bonds is 9. The number of allylic oxidation sites excluding steroid dienone is 1. The molecule has 31 heavy (non-hydrogen) atoms. The first-order valence-electron chi connectivity index (χ1n) is 11.5. The standard InChI is InChI=1S/C24H36N6O/c1-25-14-18-17(9-6-10-19(18)26-2)13-27-15-21(31)23-22-20(11-12-28-23)30(3)24(29-22)16-7-4-5-8-16/h6,9-12,16,23-29H,4-5,7-8,13-15H2,1-3H3. The van der Waals surface area contributed by atoms with Gasteiger partial charge in [0.2, 0.25) is 0 Å². The molecule has 5 N–H and O–H groups in total. The molecular formula is C24H36N6O. The van der Waals surface area contributed by atoms with E-state index in [1.54, 1.807) is 0 Å². The van der Waals surface area contributed by atoms with Gasteiger partial charge >= 0.3 is 0 Å². The second-order valence-electron chi connectivity index (χ2n) is 8.77. The lowest BCUT2D eigenvalue weighted by atomic mass is 10.0. The fourth-order valence-corrected chi connectivity index (χ4v) is 5.22. The number of likely N-dealkylation sites (N-methyl/N-ethyl adjacent to an activating group) is 1. The smallest absolute Gasteiger partial charge is 0.174 e. The van der Waals surface area contributed by atoms with Crippen LogP contribution in [0.3, 0.4) is 0 Å². The lowest BCUT2D eigenvalue weighted by Gasteiger charge is -2.28. The van der Waals surface area contributed by atoms with Crippen LogP contribution in [0.25, 0.3) is 0 Å². The Morgan fingerprint density at radius 3 is 2.74 bits per heavy atom. The lowest BCUT2D eigenvalue weighted by Crippen LogP contribution is -2.46. The van der Waals surface area contributed by atoms with E-state index in [9.17, 15) is 4.79 Å². The number of carbonyl (C=O) groups is 1. The van der Waals surface area contributed by atoms with Crippen molar-refractivity contribution >= 4 is 11.5 Å². The molecule has 4 rings (SSSR count). The fourth-order valence-electron chi connectivity index (χ4n) is 5.22. The Balaban J connectivity index is 1.38. The summed E-state index contributed by atoms with van der Waals surface area (Å²) in [5.41, 5.74) is 5.72. The largest absolute Gasteiger partial charge is 0.388 e. The van der Waals surface area contributed by atoms with Crippen molar-refractivity contribution in [1.82, 2.24) is 26.2 Å². The number of hydrogen-bond donors (Lipinski definition) is 5. The zero-order valence-corrected chi connectivity index (χ0v) is 18.9. The second-order valence-corrected chi connectivity index (χ2v) is 8.77. The van der Waals surface area contributed by atoms with Gasteiger partial charge in [-0.15, -0.1) is 0 Å². The van der Waals surface area contributed by atoms with Crippen molar-refractivity contribution in [2.24, 2.45) is 5.92 Å². The maximum atomic E-state index is 13.1. The Morgan fingerprint density at radius 2 is 2.00 bits per heavy atom. The van der Waals surface area contributed by atoms with Gasteiger partial charge in [-0.25, -0.2) is 0 Å². The first-order valence-corrected chi connectivity index (χ1v) is 11.5. The number of nitrogens with one attached hydrogen (secondary N) is 5. The average molecular weight is 425 g/mol. The Bertz CT molecular complexity index is 858. The first kappa shape index (κ1) is 21.7. The van der Waals surface area contributed by atoms with Crippen molar-refractivity contribution in [2.45, 2.75) is 51.0 Å². The van der Waals surface area contributed by atoms with Crippen molar-refractivity contribution in [1.29, 1.82) is 0 Å². The Kier molecular flexibility index (Phi) is 6.83. The molecule has 0 saturated heterocycles. The van der Waals surface area contributed by atoms with Crippen molar-refractivity contribution < 1.29 is 4.79 Å². The molecule has 2 heterocycles. The van der Waals surface area contributed by atoms with E-state index in [1.165, 1.54) is 36.8 Å². The van der Waals surface area contributed by atoms with E-state index in [0.717, 1.165) is 23.6 Å². The van der Waals surface area contributed by atoms with Crippen LogP contribution in [0.15, 0.2) is 41.9 Å². The number of dihydropyridines is 1. The quantitative estimate of drug-likeness (QED) is 0.414. The van der Waals surface area contributed by atoms with Gasteiger partial charge in [0.15, 0.2) is 5.78 Å². The van der Waals surface area contributed by atoms with Crippen LogP contribution in [0.1, 0.15) is 36.8 Å². The van der Waals surface area contributed by atoms with Crippen molar-refractivity contribution in [3.05, 3.63) is 53.0 Å². The van der Waals surface area contributed by atoms with Crippen LogP contribution in [-0.2, 0) is 17.9 Å². The molecular weight excluding hydrogens is 388 g/mol. The third-order valence-electron chi connectivity index (χ3n) is 6.85. The van der Waals surface area contributed by atoms with E-state index in [1.807, 2.05) is 20.3 Å². The van der Waals surface area contributed by atoms with Gasteiger partial charge in [0.1, 0.15) is 12.2 Å². The molecule has 7 nitrogen and oxygen atoms in total. The third-order valence-corrected chi connectivity index (χ3v) is 6.85. The maximum Gasteiger partial charge on any atom is 0.174 e. The van der Waals surface area contributed by atoms with Gasteiger partial charge in [-0.1, -0.05) is 25.0 Å². The highest BCUT2D eigenvalue weighted by Gasteiger charge is 2.39. The normalized spacial score (nSPS) is 23.0. The molecule has 7 heteroatoms. The maximum absolute atomic E-state index is 13.1. The summed E-state index contributed by atoms with van der Waals surface area (Å²) in [6, 6.07) is 5.93. The number of carbonyl (C=O) groups excluding carboxylic acids is 1. The molecule has 0 radical (unpaired) electrons. The van der Waals surface area contributed by atoms with Gasteiger partial charge < -0.3 is 31.5 Å². The highest BCUT2D eigenvalue weighted by Crippen LogP contribution is 2.35. The molecule has 0 spiro atoms. The van der Waals surface area contributed by atoms with Gasteiger partial charge in [-0.2, -0.15) is 0 Å². The molecule has 1 aromatic rings. The summed E-state index contributed by atoms with van der Waals surface area (Å²) in [7, 11) is 6.03. The summed E-state index contributed by atoms with van der Waals surface area (Å²) >= 11 is 0. The van der Waals surface area contributed by atoms with Crippen LogP contribution >= 0.6 is 0 Å². The number of nitrogens with zero attached hydrogens (tertiary/aromatic N) is 1. The van der Waals surface area contributed by atoms with E-state index in [-0.39, 0.29) is 11.8 Å². The summed E-state index contributed by atoms with van der Waals surface area (Å²) < 4.78 is 0. The Labute approximate surface area is 185 Å². The van der Waals surface area contributed by atoms with Crippen LogP contribution in [0, 0.1) is 5.92 Å². The Hall–Kier alpha value is -2.51. The SMILES string of the molecule is CNCc1c(CNCC(=O)C2NC=CC3=C2NC(C2CCCC2)N3C)cccc1NC. The first-order chi connectivity index (χ1) is 15.1. The number of anilines is 1. The van der Waals surface area contributed by atoms with Crippen LogP contribution in [0.5, 0.6) is 0 Å². The van der Waals surface area contributed by atoms with E-state index in [4.69, 9.17) is 0 Å². The summed E-state index contributed by atoms with van der Waals surface area (Å²) in [5.74, 6) is 0.813. The summed E-state index contributed by atoms with van der Waals surface area (Å²) in [4.78, 5) is 15.4. The topological polar surface area (TPSA) is 80.5 Å². The van der Waals surface area contributed by atoms with E-state index in [2.05, 4.69) is 62.8 Å². The van der Waals surface area contributed by atoms with Gasteiger partial charge in [0, 0.05) is 32.9 Å². The van der Waals surface area contributed by atoms with Gasteiger partial charge in [0.25, 0.3) is 0 Å². The molecule has 0 bridgehead atoms. The Morgan fingerprint density at radius 1 is 1.19 bits per heavy atom. The lowest BCUT2D eigenvalue weighted by molar-refractivity contribution is -0.119. The highest BCUT2D eigenvalue weighted by atomic mass is 16.1. The fraction of sp³-hybridized carbons (Fsp3) is 0.542. The van der Waals surface area contributed by atoms with Gasteiger partial charge in [-0.3, -0.25) is 4.79 Å².